The van der Waals surface area contributed by atoms with Crippen molar-refractivity contribution in [3.05, 3.63) is 22.2 Å². The van der Waals surface area contributed by atoms with Crippen LogP contribution >= 0.6 is 15.9 Å². The van der Waals surface area contributed by atoms with Crippen molar-refractivity contribution in [3.63, 3.8) is 0 Å². The molecule has 1 aromatic rings. The zero-order chi connectivity index (χ0) is 18.1. The maximum Gasteiger partial charge on any atom is 0.258 e. The number of carbonyl (C=O) groups excluding carboxylic acids is 2. The van der Waals surface area contributed by atoms with E-state index in [0.717, 1.165) is 19.3 Å². The molecule has 0 spiro atoms. The Kier molecular flexibility index (Phi) is 8.82. The Morgan fingerprint density at radius 1 is 1.25 bits per heavy atom. The molecule has 0 radical (unpaired) electrons. The molecule has 0 fully saturated rings. The first kappa shape index (κ1) is 20.5. The number of aldehydes is 1. The van der Waals surface area contributed by atoms with Crippen LogP contribution < -0.4 is 14.8 Å². The average Bonchev–Trinajstić information content (AvgIpc) is 2.52. The third-order valence-electron chi connectivity index (χ3n) is 3.59. The molecule has 0 unspecified atom stereocenters. The molecule has 1 aromatic carbocycles. The minimum Gasteiger partial charge on any atom is -0.493 e. The Labute approximate surface area is 152 Å². The molecule has 1 amide bonds. The second-order valence-electron chi connectivity index (χ2n) is 6.22. The Morgan fingerprint density at radius 2 is 1.96 bits per heavy atom. The van der Waals surface area contributed by atoms with E-state index in [-0.39, 0.29) is 18.6 Å². The van der Waals surface area contributed by atoms with Gasteiger partial charge in [0.05, 0.1) is 7.11 Å². The van der Waals surface area contributed by atoms with Crippen molar-refractivity contribution in [1.29, 1.82) is 0 Å². The summed E-state index contributed by atoms with van der Waals surface area (Å²) in [5, 5.41) is 2.92. The van der Waals surface area contributed by atoms with Gasteiger partial charge in [-0.2, -0.15) is 0 Å². The van der Waals surface area contributed by atoms with Crippen LogP contribution in [0.4, 0.5) is 0 Å². The summed E-state index contributed by atoms with van der Waals surface area (Å²) in [6.45, 7) is 6.25. The fourth-order valence-electron chi connectivity index (χ4n) is 2.28. The fraction of sp³-hybridized carbons (Fsp3) is 0.556. The predicted octanol–water partition coefficient (Wildman–Crippen LogP) is 3.98. The van der Waals surface area contributed by atoms with E-state index < -0.39 is 0 Å². The van der Waals surface area contributed by atoms with Crippen LogP contribution in [0.2, 0.25) is 0 Å². The van der Waals surface area contributed by atoms with E-state index >= 15 is 0 Å². The van der Waals surface area contributed by atoms with Crippen molar-refractivity contribution in [2.75, 3.05) is 13.7 Å². The van der Waals surface area contributed by atoms with E-state index in [1.54, 1.807) is 12.1 Å². The van der Waals surface area contributed by atoms with Crippen LogP contribution in [0, 0.1) is 5.92 Å². The maximum atomic E-state index is 12.0. The van der Waals surface area contributed by atoms with Gasteiger partial charge >= 0.3 is 0 Å². The van der Waals surface area contributed by atoms with Crippen molar-refractivity contribution in [1.82, 2.24) is 5.32 Å². The van der Waals surface area contributed by atoms with Crippen molar-refractivity contribution in [2.24, 2.45) is 5.92 Å². The van der Waals surface area contributed by atoms with Gasteiger partial charge in [0.15, 0.2) is 24.4 Å². The summed E-state index contributed by atoms with van der Waals surface area (Å²) in [4.78, 5) is 23.0. The number of hydrogen-bond donors (Lipinski definition) is 1. The molecule has 5 nitrogen and oxygen atoms in total. The second-order valence-corrected chi connectivity index (χ2v) is 7.08. The number of carbonyl (C=O) groups is 2. The summed E-state index contributed by atoms with van der Waals surface area (Å²) in [6, 6.07) is 3.30. The molecule has 1 N–H and O–H groups in total. The fourth-order valence-corrected chi connectivity index (χ4v) is 2.69. The predicted molar refractivity (Wildman–Crippen MR) is 97.9 cm³/mol. The first-order chi connectivity index (χ1) is 11.4. The number of nitrogens with one attached hydrogen (secondary N) is 1. The van der Waals surface area contributed by atoms with E-state index in [2.05, 4.69) is 35.1 Å². The largest absolute Gasteiger partial charge is 0.493 e. The molecule has 24 heavy (non-hydrogen) atoms. The number of rotatable bonds is 10. The lowest BCUT2D eigenvalue weighted by Crippen LogP contribution is -2.36. The highest BCUT2D eigenvalue weighted by atomic mass is 79.9. The summed E-state index contributed by atoms with van der Waals surface area (Å²) in [5.74, 6) is 1.31. The Bertz CT molecular complexity index is 560. The average molecular weight is 400 g/mol. The molecule has 0 bridgehead atoms. The summed E-state index contributed by atoms with van der Waals surface area (Å²) in [7, 11) is 1.51. The summed E-state index contributed by atoms with van der Waals surface area (Å²) in [5.41, 5.74) is 0.438. The van der Waals surface area contributed by atoms with Gasteiger partial charge in [0.1, 0.15) is 0 Å². The number of amides is 1. The maximum absolute atomic E-state index is 12.0. The molecule has 6 heteroatoms. The van der Waals surface area contributed by atoms with Gasteiger partial charge in [0.25, 0.3) is 5.91 Å². The first-order valence-corrected chi connectivity index (χ1v) is 8.91. The zero-order valence-electron chi connectivity index (χ0n) is 14.7. The molecule has 0 saturated carbocycles. The molecular weight excluding hydrogens is 374 g/mol. The number of halogens is 1. The van der Waals surface area contributed by atoms with Gasteiger partial charge in [-0.3, -0.25) is 9.59 Å². The summed E-state index contributed by atoms with van der Waals surface area (Å²) in [6.07, 6.45) is 3.90. The quantitative estimate of drug-likeness (QED) is 0.604. The van der Waals surface area contributed by atoms with Crippen molar-refractivity contribution in [3.8, 4) is 11.5 Å². The van der Waals surface area contributed by atoms with Gasteiger partial charge in [0, 0.05) is 16.1 Å². The van der Waals surface area contributed by atoms with Gasteiger partial charge in [0.2, 0.25) is 0 Å². The van der Waals surface area contributed by atoms with E-state index in [1.165, 1.54) is 7.11 Å². The van der Waals surface area contributed by atoms with Gasteiger partial charge in [-0.1, -0.05) is 26.7 Å². The molecule has 1 rings (SSSR count). The van der Waals surface area contributed by atoms with Crippen molar-refractivity contribution >= 4 is 28.1 Å². The minimum atomic E-state index is -0.190. The highest BCUT2D eigenvalue weighted by Gasteiger charge is 2.13. The van der Waals surface area contributed by atoms with Crippen LogP contribution in [0.3, 0.4) is 0 Å². The number of methoxy groups -OCH3 is 1. The van der Waals surface area contributed by atoms with E-state index in [0.29, 0.717) is 33.7 Å². The van der Waals surface area contributed by atoms with Gasteiger partial charge < -0.3 is 14.8 Å². The monoisotopic (exact) mass is 399 g/mol. The molecule has 0 aliphatic heterocycles. The Balaban J connectivity index is 2.53. The van der Waals surface area contributed by atoms with Gasteiger partial charge in [-0.15, -0.1) is 0 Å². The lowest BCUT2D eigenvalue weighted by Gasteiger charge is -2.16. The van der Waals surface area contributed by atoms with Crippen LogP contribution in [0.1, 0.15) is 50.4 Å². The molecule has 0 aliphatic carbocycles. The number of benzene rings is 1. The van der Waals surface area contributed by atoms with Crippen molar-refractivity contribution < 1.29 is 19.1 Å². The van der Waals surface area contributed by atoms with E-state index in [9.17, 15) is 9.59 Å². The standard InChI is InChI=1S/C18H26BrNO4/c1-12(2)6-5-7-13(3)20-18(22)11-24-17-8-14(10-21)15(19)9-16(17)23-4/h8-10,12-13H,5-7,11H2,1-4H3,(H,20,22)/t13-/m1/s1. The lowest BCUT2D eigenvalue weighted by atomic mass is 10.0. The molecule has 0 aromatic heterocycles. The smallest absolute Gasteiger partial charge is 0.258 e. The topological polar surface area (TPSA) is 64.6 Å². The Morgan fingerprint density at radius 3 is 2.54 bits per heavy atom. The molecule has 0 heterocycles. The normalized spacial score (nSPS) is 11.9. The molecule has 1 atom stereocenters. The summed E-state index contributed by atoms with van der Waals surface area (Å²) < 4.78 is 11.3. The second kappa shape index (κ2) is 10.3. The third kappa shape index (κ3) is 6.91. The Hall–Kier alpha value is -1.56. The SMILES string of the molecule is COc1cc(Br)c(C=O)cc1OCC(=O)N[C@H](C)CCCC(C)C. The zero-order valence-corrected chi connectivity index (χ0v) is 16.3. The van der Waals surface area contributed by atoms with Gasteiger partial charge in [-0.25, -0.2) is 0 Å². The van der Waals surface area contributed by atoms with Crippen LogP contribution in [-0.4, -0.2) is 32.0 Å². The van der Waals surface area contributed by atoms with Crippen LogP contribution in [-0.2, 0) is 4.79 Å². The van der Waals surface area contributed by atoms with E-state index in [4.69, 9.17) is 9.47 Å². The van der Waals surface area contributed by atoms with E-state index in [1.807, 2.05) is 6.92 Å². The summed E-state index contributed by atoms with van der Waals surface area (Å²) >= 11 is 3.28. The number of ether oxygens (including phenoxy) is 2. The number of hydrogen-bond acceptors (Lipinski definition) is 4. The first-order valence-electron chi connectivity index (χ1n) is 8.12. The molecule has 134 valence electrons. The van der Waals surface area contributed by atoms with Crippen LogP contribution in [0.25, 0.3) is 0 Å². The minimum absolute atomic E-state index is 0.109. The third-order valence-corrected chi connectivity index (χ3v) is 4.28. The highest BCUT2D eigenvalue weighted by Crippen LogP contribution is 2.32. The van der Waals surface area contributed by atoms with Gasteiger partial charge in [-0.05, 0) is 47.3 Å². The lowest BCUT2D eigenvalue weighted by molar-refractivity contribution is -0.123. The van der Waals surface area contributed by atoms with Crippen molar-refractivity contribution in [2.45, 2.75) is 46.1 Å². The molecule has 0 saturated heterocycles. The molecule has 0 aliphatic rings. The van der Waals surface area contributed by atoms with Crippen LogP contribution in [0.5, 0.6) is 11.5 Å². The molecular formula is C18H26BrNO4. The highest BCUT2D eigenvalue weighted by molar-refractivity contribution is 9.10. The van der Waals surface area contributed by atoms with Crippen LogP contribution in [0.15, 0.2) is 16.6 Å².